The van der Waals surface area contributed by atoms with Crippen molar-refractivity contribution in [3.8, 4) is 16.9 Å². The molecular formula is C34H39FN6O3. The number of halogens is 1. The largest absolute Gasteiger partial charge is 0.492 e. The van der Waals surface area contributed by atoms with Crippen LogP contribution in [0.1, 0.15) is 36.9 Å². The molecule has 10 heteroatoms. The van der Waals surface area contributed by atoms with Crippen molar-refractivity contribution in [2.24, 2.45) is 0 Å². The molecule has 230 valence electrons. The number of hydrogen-bond acceptors (Lipinski definition) is 8. The van der Waals surface area contributed by atoms with Crippen LogP contribution in [0.15, 0.2) is 79.3 Å². The number of unbranched alkanes of at least 4 members (excludes halogenated alkanes) is 1. The first-order chi connectivity index (χ1) is 21.5. The first kappa shape index (κ1) is 30.9. The van der Waals surface area contributed by atoms with Gasteiger partial charge in [0.15, 0.2) is 0 Å². The Kier molecular flexibility index (Phi) is 11.1. The number of carboxylic acids is 1. The SMILES string of the molecule is O=C(O)[C@H](CCN(CCCCc1ccc2c(n1)NCCC2)CCOc1ccc(F)cc1)Nc1ncncc1-c1ccccc1. The summed E-state index contributed by atoms with van der Waals surface area (Å²) in [5.41, 5.74) is 4.02. The Bertz CT molecular complexity index is 1490. The molecule has 0 bridgehead atoms. The molecule has 3 heterocycles. The first-order valence-electron chi connectivity index (χ1n) is 15.2. The van der Waals surface area contributed by atoms with Gasteiger partial charge in [0.25, 0.3) is 0 Å². The lowest BCUT2D eigenvalue weighted by Crippen LogP contribution is -2.37. The van der Waals surface area contributed by atoms with Crippen molar-refractivity contribution in [1.82, 2.24) is 19.9 Å². The number of pyridine rings is 1. The lowest BCUT2D eigenvalue weighted by atomic mass is 10.1. The van der Waals surface area contributed by atoms with Gasteiger partial charge >= 0.3 is 5.97 Å². The van der Waals surface area contributed by atoms with E-state index in [0.717, 1.165) is 67.8 Å². The summed E-state index contributed by atoms with van der Waals surface area (Å²) in [5.74, 6) is 0.837. The van der Waals surface area contributed by atoms with Crippen molar-refractivity contribution in [3.05, 3.63) is 96.3 Å². The lowest BCUT2D eigenvalue weighted by Gasteiger charge is -2.25. The minimum atomic E-state index is -0.947. The van der Waals surface area contributed by atoms with Crippen molar-refractivity contribution >= 4 is 17.6 Å². The van der Waals surface area contributed by atoms with Crippen LogP contribution in [-0.4, -0.2) is 69.8 Å². The number of fused-ring (bicyclic) bond motifs is 1. The summed E-state index contributed by atoms with van der Waals surface area (Å²) < 4.78 is 19.2. The number of carbonyl (C=O) groups is 1. The maximum atomic E-state index is 13.3. The normalized spacial score (nSPS) is 13.1. The highest BCUT2D eigenvalue weighted by Gasteiger charge is 2.21. The van der Waals surface area contributed by atoms with Crippen molar-refractivity contribution in [1.29, 1.82) is 0 Å². The van der Waals surface area contributed by atoms with Gasteiger partial charge in [0.2, 0.25) is 0 Å². The zero-order valence-corrected chi connectivity index (χ0v) is 24.8. The van der Waals surface area contributed by atoms with E-state index in [1.807, 2.05) is 30.3 Å². The van der Waals surface area contributed by atoms with Crippen LogP contribution in [0.25, 0.3) is 11.1 Å². The van der Waals surface area contributed by atoms with Crippen LogP contribution < -0.4 is 15.4 Å². The average molecular weight is 599 g/mol. The molecule has 0 saturated heterocycles. The fourth-order valence-electron chi connectivity index (χ4n) is 5.32. The van der Waals surface area contributed by atoms with Crippen molar-refractivity contribution in [2.45, 2.75) is 44.6 Å². The van der Waals surface area contributed by atoms with E-state index in [2.05, 4.69) is 37.6 Å². The van der Waals surface area contributed by atoms with Crippen molar-refractivity contribution < 1.29 is 19.0 Å². The van der Waals surface area contributed by atoms with E-state index in [1.54, 1.807) is 18.3 Å². The first-order valence-corrected chi connectivity index (χ1v) is 15.2. The molecule has 4 aromatic rings. The Balaban J connectivity index is 1.19. The van der Waals surface area contributed by atoms with Crippen LogP contribution >= 0.6 is 0 Å². The summed E-state index contributed by atoms with van der Waals surface area (Å²) in [7, 11) is 0. The molecule has 3 N–H and O–H groups in total. The van der Waals surface area contributed by atoms with Gasteiger partial charge in [-0.15, -0.1) is 0 Å². The minimum absolute atomic E-state index is 0.311. The van der Waals surface area contributed by atoms with Gasteiger partial charge in [0, 0.05) is 37.1 Å². The van der Waals surface area contributed by atoms with Gasteiger partial charge in [-0.2, -0.15) is 0 Å². The third kappa shape index (κ3) is 8.97. The van der Waals surface area contributed by atoms with Gasteiger partial charge in [-0.05, 0) is 86.5 Å². The molecule has 1 aliphatic rings. The van der Waals surface area contributed by atoms with Gasteiger partial charge in [-0.3, -0.25) is 4.90 Å². The van der Waals surface area contributed by atoms with Crippen molar-refractivity contribution in [2.75, 3.05) is 43.4 Å². The average Bonchev–Trinajstić information content (AvgIpc) is 3.06. The summed E-state index contributed by atoms with van der Waals surface area (Å²) in [4.78, 5) is 27.9. The number of ether oxygens (including phenoxy) is 1. The third-order valence-electron chi connectivity index (χ3n) is 7.74. The van der Waals surface area contributed by atoms with Gasteiger partial charge in [0.05, 0.1) is 0 Å². The van der Waals surface area contributed by atoms with E-state index in [9.17, 15) is 14.3 Å². The molecular weight excluding hydrogens is 559 g/mol. The second-order valence-corrected chi connectivity index (χ2v) is 10.9. The Hall–Kier alpha value is -4.57. The molecule has 0 aliphatic carbocycles. The predicted octanol–water partition coefficient (Wildman–Crippen LogP) is 5.69. The number of anilines is 2. The van der Waals surface area contributed by atoms with Crippen LogP contribution in [0.5, 0.6) is 5.75 Å². The second-order valence-electron chi connectivity index (χ2n) is 10.9. The summed E-state index contributed by atoms with van der Waals surface area (Å²) in [6, 6.07) is 19.1. The molecule has 0 unspecified atom stereocenters. The Morgan fingerprint density at radius 3 is 2.70 bits per heavy atom. The molecule has 5 rings (SSSR count). The van der Waals surface area contributed by atoms with E-state index in [-0.39, 0.29) is 5.82 Å². The molecule has 9 nitrogen and oxygen atoms in total. The standard InChI is InChI=1S/C34H39FN6O3/c35-27-12-15-29(16-13-27)44-22-21-41(19-5-4-10-28-14-11-26-9-6-18-37-32(26)39-28)20-17-31(34(42)43)40-33-30(23-36-24-38-33)25-7-2-1-3-8-25/h1-3,7-8,11-16,23-24,31H,4-6,9-10,17-22H2,(H,37,39)(H,42,43)(H,36,38,40)/t31-/m0/s1. The molecule has 0 saturated carbocycles. The highest BCUT2D eigenvalue weighted by molar-refractivity contribution is 5.81. The second kappa shape index (κ2) is 15.8. The number of aryl methyl sites for hydroxylation is 2. The van der Waals surface area contributed by atoms with E-state index >= 15 is 0 Å². The highest BCUT2D eigenvalue weighted by Crippen LogP contribution is 2.26. The topological polar surface area (TPSA) is 112 Å². The quantitative estimate of drug-likeness (QED) is 0.140. The molecule has 1 aliphatic heterocycles. The maximum absolute atomic E-state index is 13.3. The van der Waals surface area contributed by atoms with Crippen LogP contribution in [0.2, 0.25) is 0 Å². The number of hydrogen-bond donors (Lipinski definition) is 3. The monoisotopic (exact) mass is 598 g/mol. The fraction of sp³-hybridized carbons (Fsp3) is 0.353. The number of aliphatic carboxylic acids is 1. The Morgan fingerprint density at radius 2 is 1.89 bits per heavy atom. The number of nitrogens with one attached hydrogen (secondary N) is 2. The summed E-state index contributed by atoms with van der Waals surface area (Å²) >= 11 is 0. The molecule has 0 spiro atoms. The van der Waals surface area contributed by atoms with Crippen LogP contribution in [0, 0.1) is 5.82 Å². The summed E-state index contributed by atoms with van der Waals surface area (Å²) in [6.07, 6.45) is 8.45. The maximum Gasteiger partial charge on any atom is 0.326 e. The summed E-state index contributed by atoms with van der Waals surface area (Å²) in [5, 5.41) is 16.6. The van der Waals surface area contributed by atoms with Gasteiger partial charge in [0.1, 0.15) is 42.2 Å². The zero-order valence-electron chi connectivity index (χ0n) is 24.8. The van der Waals surface area contributed by atoms with Crippen molar-refractivity contribution in [3.63, 3.8) is 0 Å². The molecule has 0 fully saturated rings. The Labute approximate surface area is 257 Å². The third-order valence-corrected chi connectivity index (χ3v) is 7.74. The van der Waals surface area contributed by atoms with Crippen LogP contribution in [0.3, 0.4) is 0 Å². The molecule has 1 atom stereocenters. The summed E-state index contributed by atoms with van der Waals surface area (Å²) in [6.45, 7) is 3.30. The molecule has 44 heavy (non-hydrogen) atoms. The van der Waals surface area contributed by atoms with E-state index in [4.69, 9.17) is 9.72 Å². The van der Waals surface area contributed by atoms with E-state index in [0.29, 0.717) is 37.7 Å². The van der Waals surface area contributed by atoms with E-state index < -0.39 is 12.0 Å². The Morgan fingerprint density at radius 1 is 1.05 bits per heavy atom. The molecule has 0 amide bonds. The van der Waals surface area contributed by atoms with Gasteiger partial charge in [-0.1, -0.05) is 36.4 Å². The minimum Gasteiger partial charge on any atom is -0.492 e. The predicted molar refractivity (Wildman–Crippen MR) is 169 cm³/mol. The lowest BCUT2D eigenvalue weighted by molar-refractivity contribution is -0.138. The van der Waals surface area contributed by atoms with Crippen LogP contribution in [0.4, 0.5) is 16.0 Å². The molecule has 2 aromatic heterocycles. The van der Waals surface area contributed by atoms with Gasteiger partial charge in [-0.25, -0.2) is 24.1 Å². The highest BCUT2D eigenvalue weighted by atomic mass is 19.1. The molecule has 0 radical (unpaired) electrons. The smallest absolute Gasteiger partial charge is 0.326 e. The number of benzene rings is 2. The number of aromatic nitrogens is 3. The number of nitrogens with zero attached hydrogens (tertiary/aromatic N) is 4. The molecule has 2 aromatic carbocycles. The zero-order chi connectivity index (χ0) is 30.6. The number of rotatable bonds is 16. The fourth-order valence-corrected chi connectivity index (χ4v) is 5.32. The van der Waals surface area contributed by atoms with Crippen LogP contribution in [-0.2, 0) is 17.6 Å². The van der Waals surface area contributed by atoms with E-state index in [1.165, 1.54) is 24.0 Å². The van der Waals surface area contributed by atoms with Gasteiger partial charge < -0.3 is 20.5 Å². The number of carboxylic acid groups (broad SMARTS) is 1.